The second-order valence-electron chi connectivity index (χ2n) is 6.70. The van der Waals surface area contributed by atoms with E-state index >= 15 is 0 Å². The topological polar surface area (TPSA) is 65.4 Å². The van der Waals surface area contributed by atoms with E-state index in [1.165, 1.54) is 0 Å². The SMILES string of the molecule is CCCCOCCCn1cncc1[C@H](C)NC(=O)OC(C)(C)C. The van der Waals surface area contributed by atoms with E-state index in [1.807, 2.05) is 32.3 Å². The molecule has 0 spiro atoms. The van der Waals surface area contributed by atoms with Crippen LogP contribution in [0.25, 0.3) is 0 Å². The summed E-state index contributed by atoms with van der Waals surface area (Å²) in [7, 11) is 0. The van der Waals surface area contributed by atoms with Crippen LogP contribution in [0.3, 0.4) is 0 Å². The number of rotatable bonds is 9. The average molecular weight is 325 g/mol. The molecule has 0 saturated carbocycles. The van der Waals surface area contributed by atoms with Gasteiger partial charge in [0, 0.05) is 19.8 Å². The Kier molecular flexibility index (Phi) is 8.09. The molecule has 1 aromatic heterocycles. The third-order valence-corrected chi connectivity index (χ3v) is 3.25. The van der Waals surface area contributed by atoms with Crippen LogP contribution in [-0.4, -0.2) is 34.5 Å². The van der Waals surface area contributed by atoms with Gasteiger partial charge in [-0.2, -0.15) is 0 Å². The van der Waals surface area contributed by atoms with Crippen molar-refractivity contribution in [3.63, 3.8) is 0 Å². The minimum atomic E-state index is -0.500. The lowest BCUT2D eigenvalue weighted by molar-refractivity contribution is 0.0506. The summed E-state index contributed by atoms with van der Waals surface area (Å²) in [6, 6.07) is -0.159. The van der Waals surface area contributed by atoms with Crippen LogP contribution in [0.15, 0.2) is 12.5 Å². The molecule has 1 rings (SSSR count). The number of hydrogen-bond acceptors (Lipinski definition) is 4. The van der Waals surface area contributed by atoms with Crippen LogP contribution in [0.1, 0.15) is 65.6 Å². The summed E-state index contributed by atoms with van der Waals surface area (Å²) >= 11 is 0. The molecule has 6 heteroatoms. The Bertz CT molecular complexity index is 466. The number of aromatic nitrogens is 2. The number of carbonyl (C=O) groups is 1. The van der Waals surface area contributed by atoms with Gasteiger partial charge in [-0.3, -0.25) is 0 Å². The van der Waals surface area contributed by atoms with E-state index < -0.39 is 11.7 Å². The number of nitrogens with zero attached hydrogens (tertiary/aromatic N) is 2. The van der Waals surface area contributed by atoms with Crippen LogP contribution < -0.4 is 5.32 Å². The Hall–Kier alpha value is -1.56. The van der Waals surface area contributed by atoms with Gasteiger partial charge >= 0.3 is 6.09 Å². The molecule has 0 fully saturated rings. The first kappa shape index (κ1) is 19.5. The fourth-order valence-electron chi connectivity index (χ4n) is 2.12. The normalized spacial score (nSPS) is 12.9. The highest BCUT2D eigenvalue weighted by molar-refractivity contribution is 5.68. The zero-order chi connectivity index (χ0) is 17.3. The van der Waals surface area contributed by atoms with Gasteiger partial charge in [-0.15, -0.1) is 0 Å². The van der Waals surface area contributed by atoms with Gasteiger partial charge in [0.2, 0.25) is 0 Å². The number of aryl methyl sites for hydroxylation is 1. The highest BCUT2D eigenvalue weighted by atomic mass is 16.6. The molecule has 0 aliphatic rings. The van der Waals surface area contributed by atoms with Gasteiger partial charge in [-0.25, -0.2) is 9.78 Å². The predicted octanol–water partition coefficient (Wildman–Crippen LogP) is 3.68. The molecule has 0 radical (unpaired) electrons. The number of nitrogens with one attached hydrogen (secondary N) is 1. The summed E-state index contributed by atoms with van der Waals surface area (Å²) in [5, 5.41) is 2.84. The van der Waals surface area contributed by atoms with Crippen molar-refractivity contribution in [3.05, 3.63) is 18.2 Å². The van der Waals surface area contributed by atoms with Gasteiger partial charge in [0.25, 0.3) is 0 Å². The zero-order valence-corrected chi connectivity index (χ0v) is 15.1. The van der Waals surface area contributed by atoms with Crippen molar-refractivity contribution in [2.75, 3.05) is 13.2 Å². The number of imidazole rings is 1. The number of amides is 1. The first-order valence-corrected chi connectivity index (χ1v) is 8.40. The lowest BCUT2D eigenvalue weighted by atomic mass is 10.2. The molecule has 0 bridgehead atoms. The van der Waals surface area contributed by atoms with E-state index in [0.29, 0.717) is 0 Å². The van der Waals surface area contributed by atoms with Crippen molar-refractivity contribution in [1.29, 1.82) is 0 Å². The van der Waals surface area contributed by atoms with Crippen molar-refractivity contribution in [1.82, 2.24) is 14.9 Å². The van der Waals surface area contributed by atoms with Crippen molar-refractivity contribution in [2.24, 2.45) is 0 Å². The number of ether oxygens (including phenoxy) is 2. The van der Waals surface area contributed by atoms with Crippen LogP contribution in [-0.2, 0) is 16.0 Å². The first-order valence-electron chi connectivity index (χ1n) is 8.40. The Morgan fingerprint density at radius 3 is 2.70 bits per heavy atom. The second kappa shape index (κ2) is 9.55. The molecule has 0 aliphatic heterocycles. The highest BCUT2D eigenvalue weighted by Crippen LogP contribution is 2.14. The monoisotopic (exact) mass is 325 g/mol. The summed E-state index contributed by atoms with van der Waals surface area (Å²) in [4.78, 5) is 16.0. The largest absolute Gasteiger partial charge is 0.444 e. The maximum Gasteiger partial charge on any atom is 0.408 e. The Morgan fingerprint density at radius 1 is 1.35 bits per heavy atom. The summed E-state index contributed by atoms with van der Waals surface area (Å²) in [5.74, 6) is 0. The summed E-state index contributed by atoms with van der Waals surface area (Å²) in [6.45, 7) is 12.0. The summed E-state index contributed by atoms with van der Waals surface area (Å²) in [5.41, 5.74) is 0.462. The quantitative estimate of drug-likeness (QED) is 0.703. The maximum atomic E-state index is 11.9. The smallest absolute Gasteiger partial charge is 0.408 e. The van der Waals surface area contributed by atoms with E-state index in [4.69, 9.17) is 9.47 Å². The molecular formula is C17H31N3O3. The molecule has 0 unspecified atom stereocenters. The molecule has 1 N–H and O–H groups in total. The third-order valence-electron chi connectivity index (χ3n) is 3.25. The molecular weight excluding hydrogens is 294 g/mol. The van der Waals surface area contributed by atoms with Crippen LogP contribution in [0.4, 0.5) is 4.79 Å². The maximum absolute atomic E-state index is 11.9. The summed E-state index contributed by atoms with van der Waals surface area (Å²) in [6.07, 6.45) is 6.33. The Morgan fingerprint density at radius 2 is 2.04 bits per heavy atom. The number of hydrogen-bond donors (Lipinski definition) is 1. The van der Waals surface area contributed by atoms with Crippen LogP contribution in [0.5, 0.6) is 0 Å². The molecule has 1 aromatic rings. The standard InChI is InChI=1S/C17H31N3O3/c1-6-7-10-22-11-8-9-20-13-18-12-15(20)14(2)19-16(21)23-17(3,4)5/h12-14H,6-11H2,1-5H3,(H,19,21)/t14-/m0/s1. The van der Waals surface area contributed by atoms with Crippen molar-refractivity contribution in [3.8, 4) is 0 Å². The molecule has 1 heterocycles. The van der Waals surface area contributed by atoms with Gasteiger partial charge in [0.1, 0.15) is 5.60 Å². The molecule has 1 amide bonds. The third kappa shape index (κ3) is 8.02. The van der Waals surface area contributed by atoms with E-state index in [1.54, 1.807) is 12.5 Å². The fourth-order valence-corrected chi connectivity index (χ4v) is 2.12. The average Bonchev–Trinajstić information content (AvgIpc) is 2.89. The molecule has 0 saturated heterocycles. The Balaban J connectivity index is 2.42. The molecule has 1 atom stereocenters. The summed E-state index contributed by atoms with van der Waals surface area (Å²) < 4.78 is 12.9. The van der Waals surface area contributed by atoms with Crippen molar-refractivity contribution >= 4 is 6.09 Å². The minimum absolute atomic E-state index is 0.159. The molecule has 132 valence electrons. The van der Waals surface area contributed by atoms with Gasteiger partial charge in [0.05, 0.1) is 24.3 Å². The van der Waals surface area contributed by atoms with Gasteiger partial charge < -0.3 is 19.4 Å². The van der Waals surface area contributed by atoms with Gasteiger partial charge in [-0.1, -0.05) is 13.3 Å². The fraction of sp³-hybridized carbons (Fsp3) is 0.765. The minimum Gasteiger partial charge on any atom is -0.444 e. The van der Waals surface area contributed by atoms with E-state index in [9.17, 15) is 4.79 Å². The van der Waals surface area contributed by atoms with Crippen molar-refractivity contribution in [2.45, 2.75) is 72.1 Å². The number of carbonyl (C=O) groups excluding carboxylic acids is 1. The van der Waals surface area contributed by atoms with Crippen LogP contribution in [0.2, 0.25) is 0 Å². The van der Waals surface area contributed by atoms with Gasteiger partial charge in [-0.05, 0) is 40.5 Å². The lowest BCUT2D eigenvalue weighted by Gasteiger charge is -2.22. The van der Waals surface area contributed by atoms with E-state index in [-0.39, 0.29) is 6.04 Å². The molecule has 23 heavy (non-hydrogen) atoms. The van der Waals surface area contributed by atoms with E-state index in [2.05, 4.69) is 17.2 Å². The molecule has 0 aliphatic carbocycles. The number of alkyl carbamates (subject to hydrolysis) is 1. The van der Waals surface area contributed by atoms with E-state index in [0.717, 1.165) is 44.7 Å². The zero-order valence-electron chi connectivity index (χ0n) is 15.1. The van der Waals surface area contributed by atoms with Crippen molar-refractivity contribution < 1.29 is 14.3 Å². The van der Waals surface area contributed by atoms with Gasteiger partial charge in [0.15, 0.2) is 0 Å². The lowest BCUT2D eigenvalue weighted by Crippen LogP contribution is -2.34. The first-order chi connectivity index (χ1) is 10.8. The van der Waals surface area contributed by atoms with Crippen LogP contribution in [0, 0.1) is 0 Å². The highest BCUT2D eigenvalue weighted by Gasteiger charge is 2.19. The molecule has 6 nitrogen and oxygen atoms in total. The molecule has 0 aromatic carbocycles. The predicted molar refractivity (Wildman–Crippen MR) is 90.4 cm³/mol. The number of unbranched alkanes of at least 4 members (excludes halogenated alkanes) is 1. The second-order valence-corrected chi connectivity index (χ2v) is 6.70. The van der Waals surface area contributed by atoms with Crippen LogP contribution >= 0.6 is 0 Å². The Labute approximate surface area is 139 Å².